The minimum Gasteiger partial charge on any atom is -0.345 e. The van der Waals surface area contributed by atoms with E-state index in [9.17, 15) is 9.59 Å². The summed E-state index contributed by atoms with van der Waals surface area (Å²) < 4.78 is 1.61. The fourth-order valence-corrected chi connectivity index (χ4v) is 3.07. The van der Waals surface area contributed by atoms with Crippen molar-refractivity contribution in [2.24, 2.45) is 0 Å². The summed E-state index contributed by atoms with van der Waals surface area (Å²) in [6.45, 7) is 2.00. The first-order valence-corrected chi connectivity index (χ1v) is 8.80. The molecule has 3 aromatic rings. The number of hydrogen-bond acceptors (Lipinski definition) is 4. The van der Waals surface area contributed by atoms with Crippen molar-refractivity contribution in [3.63, 3.8) is 0 Å². The van der Waals surface area contributed by atoms with E-state index in [1.165, 1.54) is 0 Å². The Labute approximate surface area is 156 Å². The highest BCUT2D eigenvalue weighted by Crippen LogP contribution is 2.16. The van der Waals surface area contributed by atoms with Crippen LogP contribution < -0.4 is 5.32 Å². The van der Waals surface area contributed by atoms with Gasteiger partial charge in [0.25, 0.3) is 11.8 Å². The summed E-state index contributed by atoms with van der Waals surface area (Å²) in [5, 5.41) is 7.08. The quantitative estimate of drug-likeness (QED) is 0.752. The Hall–Kier alpha value is -3.48. The first kappa shape index (κ1) is 17.0. The fraction of sp³-hybridized carbons (Fsp3) is 0.200. The average Bonchev–Trinajstić information content (AvgIpc) is 3.15. The van der Waals surface area contributed by atoms with Gasteiger partial charge in [0.1, 0.15) is 5.69 Å². The van der Waals surface area contributed by atoms with Crippen LogP contribution in [0.15, 0.2) is 60.8 Å². The zero-order chi connectivity index (χ0) is 18.6. The van der Waals surface area contributed by atoms with Gasteiger partial charge in [-0.15, -0.1) is 0 Å². The Morgan fingerprint density at radius 3 is 2.67 bits per heavy atom. The van der Waals surface area contributed by atoms with Crippen LogP contribution in [0.25, 0.3) is 0 Å². The molecule has 2 amide bonds. The lowest BCUT2D eigenvalue weighted by molar-refractivity contribution is 0.0683. The lowest BCUT2D eigenvalue weighted by Gasteiger charge is -2.27. The van der Waals surface area contributed by atoms with E-state index in [2.05, 4.69) is 15.4 Å². The molecule has 1 aliphatic heterocycles. The van der Waals surface area contributed by atoms with Crippen LogP contribution in [0.1, 0.15) is 32.2 Å². The van der Waals surface area contributed by atoms with E-state index in [0.717, 1.165) is 11.3 Å². The molecule has 0 aliphatic carbocycles. The van der Waals surface area contributed by atoms with Gasteiger partial charge >= 0.3 is 0 Å². The van der Waals surface area contributed by atoms with E-state index in [4.69, 9.17) is 0 Å². The number of rotatable bonds is 5. The maximum atomic E-state index is 12.8. The number of carbonyl (C=O) groups is 2. The molecule has 0 saturated carbocycles. The summed E-state index contributed by atoms with van der Waals surface area (Å²) in [5.74, 6) is -0.425. The van der Waals surface area contributed by atoms with Crippen LogP contribution in [0.4, 0.5) is 0 Å². The van der Waals surface area contributed by atoms with E-state index in [1.54, 1.807) is 21.8 Å². The molecule has 0 saturated heterocycles. The average molecular weight is 361 g/mol. The van der Waals surface area contributed by atoms with Gasteiger partial charge in [-0.05, 0) is 17.7 Å². The van der Waals surface area contributed by atoms with E-state index < -0.39 is 0 Å². The van der Waals surface area contributed by atoms with Crippen LogP contribution >= 0.6 is 0 Å². The third-order valence-corrected chi connectivity index (χ3v) is 4.47. The largest absolute Gasteiger partial charge is 0.345 e. The summed E-state index contributed by atoms with van der Waals surface area (Å²) >= 11 is 0. The van der Waals surface area contributed by atoms with E-state index in [0.29, 0.717) is 31.9 Å². The Kier molecular flexibility index (Phi) is 4.65. The molecule has 7 nitrogen and oxygen atoms in total. The highest BCUT2D eigenvalue weighted by atomic mass is 16.2. The van der Waals surface area contributed by atoms with Gasteiger partial charge in [0, 0.05) is 25.4 Å². The molecule has 3 heterocycles. The number of nitrogens with zero attached hydrogens (tertiary/aromatic N) is 4. The smallest absolute Gasteiger partial charge is 0.272 e. The molecule has 1 aliphatic rings. The maximum Gasteiger partial charge on any atom is 0.272 e. The van der Waals surface area contributed by atoms with Crippen molar-refractivity contribution in [2.75, 3.05) is 6.54 Å². The molecule has 0 atom stereocenters. The van der Waals surface area contributed by atoms with Crippen LogP contribution in [-0.4, -0.2) is 38.0 Å². The Morgan fingerprint density at radius 1 is 1.07 bits per heavy atom. The number of pyridine rings is 1. The molecule has 4 rings (SSSR count). The van der Waals surface area contributed by atoms with Gasteiger partial charge in [0.15, 0.2) is 5.69 Å². The van der Waals surface area contributed by atoms with Gasteiger partial charge in [-0.1, -0.05) is 36.4 Å². The third-order valence-electron chi connectivity index (χ3n) is 4.47. The minimum atomic E-state index is -0.315. The Balaban J connectivity index is 1.44. The molecule has 0 unspecified atom stereocenters. The monoisotopic (exact) mass is 361 g/mol. The highest BCUT2D eigenvalue weighted by Gasteiger charge is 2.27. The molecule has 0 fully saturated rings. The van der Waals surface area contributed by atoms with Crippen molar-refractivity contribution in [2.45, 2.75) is 19.6 Å². The minimum absolute atomic E-state index is 0.110. The van der Waals surface area contributed by atoms with Crippen molar-refractivity contribution in [1.29, 1.82) is 0 Å². The molecule has 7 heteroatoms. The molecule has 2 aromatic heterocycles. The normalized spacial score (nSPS) is 13.3. The number of hydrogen-bond donors (Lipinski definition) is 1. The third kappa shape index (κ3) is 3.72. The Morgan fingerprint density at radius 2 is 1.89 bits per heavy atom. The lowest BCUT2D eigenvalue weighted by atomic mass is 10.2. The summed E-state index contributed by atoms with van der Waals surface area (Å²) in [6.07, 6.45) is 1.68. The van der Waals surface area contributed by atoms with Gasteiger partial charge in [-0.25, -0.2) is 0 Å². The van der Waals surface area contributed by atoms with Crippen LogP contribution in [0.5, 0.6) is 0 Å². The van der Waals surface area contributed by atoms with Gasteiger partial charge in [0.05, 0.1) is 18.8 Å². The second-order valence-corrected chi connectivity index (χ2v) is 6.35. The maximum absolute atomic E-state index is 12.8. The van der Waals surface area contributed by atoms with Crippen molar-refractivity contribution in [3.05, 3.63) is 83.4 Å². The van der Waals surface area contributed by atoms with Crippen molar-refractivity contribution in [3.8, 4) is 0 Å². The van der Waals surface area contributed by atoms with E-state index >= 15 is 0 Å². The molecule has 1 N–H and O–H groups in total. The van der Waals surface area contributed by atoms with Crippen LogP contribution in [-0.2, 0) is 19.6 Å². The van der Waals surface area contributed by atoms with Crippen LogP contribution in [0, 0.1) is 0 Å². The van der Waals surface area contributed by atoms with Gasteiger partial charge < -0.3 is 10.2 Å². The number of carbonyl (C=O) groups excluding carboxylic acids is 2. The van der Waals surface area contributed by atoms with Gasteiger partial charge in [0.2, 0.25) is 0 Å². The fourth-order valence-electron chi connectivity index (χ4n) is 3.07. The predicted molar refractivity (Wildman–Crippen MR) is 98.8 cm³/mol. The summed E-state index contributed by atoms with van der Waals surface area (Å²) in [7, 11) is 0. The second kappa shape index (κ2) is 7.41. The first-order chi connectivity index (χ1) is 13.2. The molecule has 27 heavy (non-hydrogen) atoms. The summed E-state index contributed by atoms with van der Waals surface area (Å²) in [6, 6.07) is 16.9. The number of fused-ring (bicyclic) bond motifs is 1. The summed E-state index contributed by atoms with van der Waals surface area (Å²) in [4.78, 5) is 31.1. The highest BCUT2D eigenvalue weighted by molar-refractivity contribution is 5.98. The molecular weight excluding hydrogens is 342 g/mol. The molecular formula is C20H19N5O2. The van der Waals surface area contributed by atoms with Crippen LogP contribution in [0.2, 0.25) is 0 Å². The van der Waals surface area contributed by atoms with E-state index in [-0.39, 0.29) is 17.5 Å². The second-order valence-electron chi connectivity index (χ2n) is 6.35. The molecule has 1 aromatic carbocycles. The van der Waals surface area contributed by atoms with Crippen molar-refractivity contribution >= 4 is 11.8 Å². The number of amides is 2. The molecule has 0 spiro atoms. The topological polar surface area (TPSA) is 80.1 Å². The van der Waals surface area contributed by atoms with Gasteiger partial charge in [-0.3, -0.25) is 19.3 Å². The SMILES string of the molecule is O=C(NCc1ccccn1)c1cc2n(n1)CCN(Cc1ccccc1)C2=O. The van der Waals surface area contributed by atoms with Gasteiger partial charge in [-0.2, -0.15) is 5.10 Å². The van der Waals surface area contributed by atoms with Crippen molar-refractivity contribution < 1.29 is 9.59 Å². The zero-order valence-electron chi connectivity index (χ0n) is 14.7. The predicted octanol–water partition coefficient (Wildman–Crippen LogP) is 1.86. The Bertz CT molecular complexity index is 953. The summed E-state index contributed by atoms with van der Waals surface area (Å²) in [5.41, 5.74) is 2.53. The molecule has 0 radical (unpaired) electrons. The molecule has 136 valence electrons. The first-order valence-electron chi connectivity index (χ1n) is 8.80. The van der Waals surface area contributed by atoms with Crippen LogP contribution in [0.3, 0.4) is 0 Å². The van der Waals surface area contributed by atoms with E-state index in [1.807, 2.05) is 48.5 Å². The number of benzene rings is 1. The number of aromatic nitrogens is 3. The van der Waals surface area contributed by atoms with Crippen molar-refractivity contribution in [1.82, 2.24) is 25.0 Å². The molecule has 0 bridgehead atoms. The zero-order valence-corrected chi connectivity index (χ0v) is 14.7. The number of nitrogens with one attached hydrogen (secondary N) is 1. The lowest BCUT2D eigenvalue weighted by Crippen LogP contribution is -2.39. The standard InChI is InChI=1S/C20H19N5O2/c26-19(22-13-16-8-4-5-9-21-16)17-12-18-20(27)24(10-11-25(18)23-17)14-15-6-2-1-3-7-15/h1-9,12H,10-11,13-14H2,(H,22,26).